The molecule has 0 amide bonds. The molecule has 0 atom stereocenters. The number of ether oxygens (including phenoxy) is 2. The molecule has 0 unspecified atom stereocenters. The van der Waals surface area contributed by atoms with E-state index in [1.54, 1.807) is 49.7 Å². The van der Waals surface area contributed by atoms with Crippen LogP contribution in [0, 0.1) is 11.6 Å². The van der Waals surface area contributed by atoms with Gasteiger partial charge in [-0.3, -0.25) is 0 Å². The van der Waals surface area contributed by atoms with Crippen molar-refractivity contribution in [3.63, 3.8) is 0 Å². The maximum atomic E-state index is 14.0. The van der Waals surface area contributed by atoms with Crippen LogP contribution in [0.15, 0.2) is 71.3 Å². The number of benzene rings is 3. The number of halogens is 3. The molecule has 0 spiro atoms. The number of imidazole rings is 1. The lowest BCUT2D eigenvalue weighted by molar-refractivity contribution is 0.297. The standard InChI is InChI=1S/C23H17BrF2N2O2/c1-29-22-11-18(30-13-15-5-6-16(24)10-20(15)26)7-8-19(22)21-12-27-23(28-21)14-3-2-4-17(25)9-14/h2-12H,13H2,1H3,(H,27,28). The molecule has 7 heteroatoms. The van der Waals surface area contributed by atoms with Gasteiger partial charge in [0.25, 0.3) is 0 Å². The Bertz CT molecular complexity index is 1190. The molecule has 1 heterocycles. The first-order valence-corrected chi connectivity index (χ1v) is 9.89. The Kier molecular flexibility index (Phi) is 5.81. The van der Waals surface area contributed by atoms with Gasteiger partial charge in [-0.2, -0.15) is 0 Å². The topological polar surface area (TPSA) is 47.1 Å². The zero-order valence-electron chi connectivity index (χ0n) is 16.0. The highest BCUT2D eigenvalue weighted by Gasteiger charge is 2.12. The average molecular weight is 471 g/mol. The highest BCUT2D eigenvalue weighted by Crippen LogP contribution is 2.34. The van der Waals surface area contributed by atoms with Crippen LogP contribution >= 0.6 is 15.9 Å². The zero-order valence-corrected chi connectivity index (χ0v) is 17.5. The molecule has 4 rings (SSSR count). The average Bonchev–Trinajstić information content (AvgIpc) is 3.23. The molecule has 0 saturated heterocycles. The van der Waals surface area contributed by atoms with E-state index in [1.165, 1.54) is 18.2 Å². The van der Waals surface area contributed by atoms with Gasteiger partial charge in [0.05, 0.1) is 19.0 Å². The molecular weight excluding hydrogens is 454 g/mol. The normalized spacial score (nSPS) is 10.8. The van der Waals surface area contributed by atoms with Crippen molar-refractivity contribution >= 4 is 15.9 Å². The Balaban J connectivity index is 1.55. The van der Waals surface area contributed by atoms with E-state index in [-0.39, 0.29) is 18.2 Å². The lowest BCUT2D eigenvalue weighted by Crippen LogP contribution is -1.99. The number of H-pyrrole nitrogens is 1. The van der Waals surface area contributed by atoms with Crippen LogP contribution in [0.5, 0.6) is 11.5 Å². The van der Waals surface area contributed by atoms with E-state index in [2.05, 4.69) is 25.9 Å². The fourth-order valence-corrected chi connectivity index (χ4v) is 3.36. The van der Waals surface area contributed by atoms with Gasteiger partial charge >= 0.3 is 0 Å². The lowest BCUT2D eigenvalue weighted by Gasteiger charge is -2.11. The molecule has 0 aliphatic carbocycles. The van der Waals surface area contributed by atoms with Crippen molar-refractivity contribution in [1.82, 2.24) is 9.97 Å². The molecule has 4 nitrogen and oxygen atoms in total. The van der Waals surface area contributed by atoms with Crippen molar-refractivity contribution in [2.45, 2.75) is 6.61 Å². The second-order valence-electron chi connectivity index (χ2n) is 6.54. The smallest absolute Gasteiger partial charge is 0.137 e. The summed E-state index contributed by atoms with van der Waals surface area (Å²) in [4.78, 5) is 7.53. The Morgan fingerprint density at radius 1 is 1.03 bits per heavy atom. The number of rotatable bonds is 6. The van der Waals surface area contributed by atoms with Crippen molar-refractivity contribution in [2.24, 2.45) is 0 Å². The maximum Gasteiger partial charge on any atom is 0.137 e. The van der Waals surface area contributed by atoms with Gasteiger partial charge in [-0.1, -0.05) is 34.1 Å². The van der Waals surface area contributed by atoms with E-state index in [0.29, 0.717) is 32.9 Å². The van der Waals surface area contributed by atoms with Crippen LogP contribution in [0.2, 0.25) is 0 Å². The molecule has 4 aromatic rings. The van der Waals surface area contributed by atoms with Gasteiger partial charge in [-0.25, -0.2) is 13.8 Å². The summed E-state index contributed by atoms with van der Waals surface area (Å²) in [5.74, 6) is 1.00. The van der Waals surface area contributed by atoms with Gasteiger partial charge in [-0.15, -0.1) is 0 Å². The quantitative estimate of drug-likeness (QED) is 0.356. The van der Waals surface area contributed by atoms with Crippen LogP contribution in [-0.4, -0.2) is 17.1 Å². The van der Waals surface area contributed by atoms with Crippen molar-refractivity contribution in [3.8, 4) is 34.1 Å². The largest absolute Gasteiger partial charge is 0.496 e. The SMILES string of the molecule is COc1cc(OCc2ccc(Br)cc2F)ccc1-c1cnc(-c2cccc(F)c2)[nH]1. The molecule has 152 valence electrons. The first-order valence-electron chi connectivity index (χ1n) is 9.09. The predicted molar refractivity (Wildman–Crippen MR) is 114 cm³/mol. The van der Waals surface area contributed by atoms with Crippen LogP contribution in [0.4, 0.5) is 8.78 Å². The predicted octanol–water partition coefficient (Wildman–Crippen LogP) is 6.37. The van der Waals surface area contributed by atoms with Gasteiger partial charge in [0.15, 0.2) is 0 Å². The number of aromatic amines is 1. The summed E-state index contributed by atoms with van der Waals surface area (Å²) in [6.45, 7) is 0.0927. The summed E-state index contributed by atoms with van der Waals surface area (Å²) in [5.41, 5.74) is 2.60. The minimum Gasteiger partial charge on any atom is -0.496 e. The van der Waals surface area contributed by atoms with Crippen molar-refractivity contribution in [1.29, 1.82) is 0 Å². The molecule has 0 saturated carbocycles. The van der Waals surface area contributed by atoms with Crippen LogP contribution in [0.3, 0.4) is 0 Å². The lowest BCUT2D eigenvalue weighted by atomic mass is 10.1. The van der Waals surface area contributed by atoms with Gasteiger partial charge in [0.1, 0.15) is 35.6 Å². The minimum absolute atomic E-state index is 0.0927. The van der Waals surface area contributed by atoms with Crippen LogP contribution < -0.4 is 9.47 Å². The fraction of sp³-hybridized carbons (Fsp3) is 0.0870. The second kappa shape index (κ2) is 8.67. The molecular formula is C23H17BrF2N2O2. The molecule has 0 aliphatic rings. The highest BCUT2D eigenvalue weighted by molar-refractivity contribution is 9.10. The molecule has 1 aromatic heterocycles. The molecule has 0 aliphatic heterocycles. The number of hydrogen-bond acceptors (Lipinski definition) is 3. The molecule has 0 fully saturated rings. The summed E-state index contributed by atoms with van der Waals surface area (Å²) in [5, 5.41) is 0. The Hall–Kier alpha value is -3.19. The molecule has 0 radical (unpaired) electrons. The van der Waals surface area contributed by atoms with Crippen molar-refractivity contribution < 1.29 is 18.3 Å². The van der Waals surface area contributed by atoms with E-state index >= 15 is 0 Å². The fourth-order valence-electron chi connectivity index (χ4n) is 3.02. The second-order valence-corrected chi connectivity index (χ2v) is 7.46. The Morgan fingerprint density at radius 2 is 1.90 bits per heavy atom. The van der Waals surface area contributed by atoms with Crippen molar-refractivity contribution in [2.75, 3.05) is 7.11 Å². The Morgan fingerprint density at radius 3 is 2.67 bits per heavy atom. The first kappa shape index (κ1) is 20.1. The van der Waals surface area contributed by atoms with E-state index in [1.807, 2.05) is 6.07 Å². The number of nitrogens with one attached hydrogen (secondary N) is 1. The molecule has 3 aromatic carbocycles. The molecule has 30 heavy (non-hydrogen) atoms. The monoisotopic (exact) mass is 470 g/mol. The molecule has 0 bridgehead atoms. The third kappa shape index (κ3) is 4.36. The van der Waals surface area contributed by atoms with Crippen molar-refractivity contribution in [3.05, 3.63) is 88.5 Å². The van der Waals surface area contributed by atoms with Gasteiger partial charge in [0, 0.05) is 27.2 Å². The summed E-state index contributed by atoms with van der Waals surface area (Å²) < 4.78 is 39.4. The third-order valence-corrected chi connectivity index (χ3v) is 5.04. The minimum atomic E-state index is -0.338. The number of aromatic nitrogens is 2. The number of hydrogen-bond donors (Lipinski definition) is 1. The number of nitrogens with zero attached hydrogens (tertiary/aromatic N) is 1. The van der Waals surface area contributed by atoms with E-state index in [4.69, 9.17) is 9.47 Å². The summed E-state index contributed by atoms with van der Waals surface area (Å²) >= 11 is 3.24. The first-order chi connectivity index (χ1) is 14.5. The zero-order chi connectivity index (χ0) is 21.1. The Labute approximate surface area is 180 Å². The third-order valence-electron chi connectivity index (χ3n) is 4.55. The van der Waals surface area contributed by atoms with Gasteiger partial charge in [0.2, 0.25) is 0 Å². The van der Waals surface area contributed by atoms with Crippen LogP contribution in [0.25, 0.3) is 22.6 Å². The number of methoxy groups -OCH3 is 1. The van der Waals surface area contributed by atoms with E-state index in [0.717, 1.165) is 11.3 Å². The maximum absolute atomic E-state index is 14.0. The van der Waals surface area contributed by atoms with Gasteiger partial charge < -0.3 is 14.5 Å². The molecule has 1 N–H and O–H groups in total. The summed E-state index contributed by atoms with van der Waals surface area (Å²) in [6, 6.07) is 16.4. The van der Waals surface area contributed by atoms with E-state index in [9.17, 15) is 8.78 Å². The summed E-state index contributed by atoms with van der Waals surface area (Å²) in [6.07, 6.45) is 1.66. The van der Waals surface area contributed by atoms with Crippen LogP contribution in [0.1, 0.15) is 5.56 Å². The van der Waals surface area contributed by atoms with Crippen LogP contribution in [-0.2, 0) is 6.61 Å². The van der Waals surface area contributed by atoms with E-state index < -0.39 is 0 Å². The highest BCUT2D eigenvalue weighted by atomic mass is 79.9. The van der Waals surface area contributed by atoms with Gasteiger partial charge in [-0.05, 0) is 36.4 Å². The summed E-state index contributed by atoms with van der Waals surface area (Å²) in [7, 11) is 1.56.